The molecule has 0 atom stereocenters. The molecule has 0 radical (unpaired) electrons. The third-order valence-corrected chi connectivity index (χ3v) is 4.95. The number of hydrogen-bond donors (Lipinski definition) is 2. The molecule has 0 aliphatic heterocycles. The van der Waals surface area contributed by atoms with E-state index in [0.29, 0.717) is 35.2 Å². The lowest BCUT2D eigenvalue weighted by molar-refractivity contribution is 0.0958. The van der Waals surface area contributed by atoms with Gasteiger partial charge in [0.15, 0.2) is 5.58 Å². The highest BCUT2D eigenvalue weighted by molar-refractivity contribution is 9.10. The number of carbonyl (C=O) groups is 1. The molecule has 2 heterocycles. The van der Waals surface area contributed by atoms with E-state index in [-0.39, 0.29) is 11.6 Å². The van der Waals surface area contributed by atoms with Crippen molar-refractivity contribution in [3.63, 3.8) is 0 Å². The van der Waals surface area contributed by atoms with Gasteiger partial charge in [-0.3, -0.25) is 9.78 Å². The predicted octanol–water partition coefficient (Wildman–Crippen LogP) is 4.75. The van der Waals surface area contributed by atoms with Gasteiger partial charge in [0.1, 0.15) is 22.7 Å². The Morgan fingerprint density at radius 3 is 2.79 bits per heavy atom. The molecule has 0 saturated carbocycles. The maximum Gasteiger partial charge on any atom is 0.295 e. The average Bonchev–Trinajstić information content (AvgIpc) is 3.15. The highest BCUT2D eigenvalue weighted by Crippen LogP contribution is 2.28. The van der Waals surface area contributed by atoms with Gasteiger partial charge in [-0.05, 0) is 29.8 Å². The van der Waals surface area contributed by atoms with E-state index in [2.05, 4.69) is 36.5 Å². The summed E-state index contributed by atoms with van der Waals surface area (Å²) in [7, 11) is 1.55. The molecule has 2 aromatic carbocycles. The Bertz CT molecular complexity index is 1180. The SMILES string of the molecule is CNC(=O)c1cc(Oc2ccc3nc(NCc4ccccc4Br)oc3c2)ccn1. The third-order valence-electron chi connectivity index (χ3n) is 4.17. The third kappa shape index (κ3) is 4.38. The first-order chi connectivity index (χ1) is 14.1. The first-order valence-electron chi connectivity index (χ1n) is 8.86. The Morgan fingerprint density at radius 1 is 1.14 bits per heavy atom. The smallest absolute Gasteiger partial charge is 0.295 e. The fraction of sp³-hybridized carbons (Fsp3) is 0.0952. The van der Waals surface area contributed by atoms with Crippen LogP contribution in [-0.2, 0) is 6.54 Å². The number of halogens is 1. The first kappa shape index (κ1) is 18.9. The van der Waals surface area contributed by atoms with Crippen molar-refractivity contribution in [2.24, 2.45) is 0 Å². The van der Waals surface area contributed by atoms with Crippen LogP contribution in [0, 0.1) is 0 Å². The van der Waals surface area contributed by atoms with Gasteiger partial charge in [0.05, 0.1) is 0 Å². The summed E-state index contributed by atoms with van der Waals surface area (Å²) in [4.78, 5) is 20.2. The number of nitrogens with one attached hydrogen (secondary N) is 2. The van der Waals surface area contributed by atoms with E-state index in [9.17, 15) is 4.79 Å². The number of fused-ring (bicyclic) bond motifs is 1. The molecule has 7 nitrogen and oxygen atoms in total. The van der Waals surface area contributed by atoms with Gasteiger partial charge in [-0.2, -0.15) is 4.98 Å². The number of oxazole rings is 1. The van der Waals surface area contributed by atoms with Gasteiger partial charge < -0.3 is 19.8 Å². The number of amides is 1. The summed E-state index contributed by atoms with van der Waals surface area (Å²) >= 11 is 3.53. The number of benzene rings is 2. The first-order valence-corrected chi connectivity index (χ1v) is 9.65. The van der Waals surface area contributed by atoms with Crippen molar-refractivity contribution in [3.8, 4) is 11.5 Å². The number of anilines is 1. The van der Waals surface area contributed by atoms with Gasteiger partial charge in [-0.25, -0.2) is 0 Å². The largest absolute Gasteiger partial charge is 0.457 e. The number of rotatable bonds is 6. The lowest BCUT2D eigenvalue weighted by Gasteiger charge is -2.06. The van der Waals surface area contributed by atoms with E-state index in [1.54, 1.807) is 31.3 Å². The minimum Gasteiger partial charge on any atom is -0.457 e. The van der Waals surface area contributed by atoms with Crippen molar-refractivity contribution >= 4 is 39.0 Å². The van der Waals surface area contributed by atoms with Crippen molar-refractivity contribution in [1.29, 1.82) is 0 Å². The number of nitrogens with zero attached hydrogens (tertiary/aromatic N) is 2. The number of carbonyl (C=O) groups excluding carboxylic acids is 1. The summed E-state index contributed by atoms with van der Waals surface area (Å²) < 4.78 is 12.7. The second kappa shape index (κ2) is 8.32. The van der Waals surface area contributed by atoms with Crippen molar-refractivity contribution in [1.82, 2.24) is 15.3 Å². The highest BCUT2D eigenvalue weighted by atomic mass is 79.9. The van der Waals surface area contributed by atoms with Crippen molar-refractivity contribution in [3.05, 3.63) is 76.5 Å². The molecular formula is C21H17BrN4O3. The zero-order chi connectivity index (χ0) is 20.2. The van der Waals surface area contributed by atoms with Crippen LogP contribution in [0.15, 0.2) is 69.7 Å². The van der Waals surface area contributed by atoms with Crippen LogP contribution in [-0.4, -0.2) is 22.9 Å². The second-order valence-electron chi connectivity index (χ2n) is 6.15. The summed E-state index contributed by atoms with van der Waals surface area (Å²) in [5, 5.41) is 5.72. The molecule has 2 N–H and O–H groups in total. The molecule has 0 spiro atoms. The Labute approximate surface area is 175 Å². The van der Waals surface area contributed by atoms with E-state index in [0.717, 1.165) is 10.0 Å². The molecule has 2 aromatic heterocycles. The van der Waals surface area contributed by atoms with E-state index < -0.39 is 0 Å². The standard InChI is InChI=1S/C21H17BrN4O3/c1-23-20(27)18-10-15(8-9-24-18)28-14-6-7-17-19(11-14)29-21(26-17)25-12-13-4-2-3-5-16(13)22/h2-11H,12H2,1H3,(H,23,27)(H,25,26). The van der Waals surface area contributed by atoms with Crippen LogP contribution >= 0.6 is 15.9 Å². The van der Waals surface area contributed by atoms with Crippen LogP contribution in [0.5, 0.6) is 11.5 Å². The molecule has 8 heteroatoms. The molecule has 4 rings (SSSR count). The van der Waals surface area contributed by atoms with Gasteiger partial charge in [0, 0.05) is 36.4 Å². The molecule has 0 saturated heterocycles. The topological polar surface area (TPSA) is 89.3 Å². The number of ether oxygens (including phenoxy) is 1. The Hall–Kier alpha value is -3.39. The maximum absolute atomic E-state index is 11.7. The minimum atomic E-state index is -0.276. The van der Waals surface area contributed by atoms with Crippen LogP contribution in [0.25, 0.3) is 11.1 Å². The number of pyridine rings is 1. The lowest BCUT2D eigenvalue weighted by atomic mass is 10.2. The Kier molecular flexibility index (Phi) is 5.44. The lowest BCUT2D eigenvalue weighted by Crippen LogP contribution is -2.18. The molecule has 1 amide bonds. The quantitative estimate of drug-likeness (QED) is 0.438. The van der Waals surface area contributed by atoms with E-state index in [4.69, 9.17) is 9.15 Å². The molecule has 0 aliphatic carbocycles. The summed E-state index contributed by atoms with van der Waals surface area (Å²) in [5.74, 6) is 0.798. The van der Waals surface area contributed by atoms with Gasteiger partial charge in [0.25, 0.3) is 11.9 Å². The van der Waals surface area contributed by atoms with Crippen LogP contribution in [0.1, 0.15) is 16.1 Å². The fourth-order valence-electron chi connectivity index (χ4n) is 2.72. The molecule has 29 heavy (non-hydrogen) atoms. The molecule has 0 bridgehead atoms. The maximum atomic E-state index is 11.7. The van der Waals surface area contributed by atoms with Gasteiger partial charge in [0.2, 0.25) is 0 Å². The summed E-state index contributed by atoms with van der Waals surface area (Å²) in [5.41, 5.74) is 2.69. The van der Waals surface area contributed by atoms with E-state index in [1.807, 2.05) is 30.3 Å². The molecule has 0 fully saturated rings. The molecule has 0 unspecified atom stereocenters. The normalized spacial score (nSPS) is 10.7. The zero-order valence-electron chi connectivity index (χ0n) is 15.5. The zero-order valence-corrected chi connectivity index (χ0v) is 17.1. The molecular weight excluding hydrogens is 436 g/mol. The van der Waals surface area contributed by atoms with Crippen molar-refractivity contribution in [2.45, 2.75) is 6.54 Å². The second-order valence-corrected chi connectivity index (χ2v) is 7.01. The van der Waals surface area contributed by atoms with Crippen LogP contribution in [0.4, 0.5) is 6.01 Å². The Morgan fingerprint density at radius 2 is 1.97 bits per heavy atom. The van der Waals surface area contributed by atoms with Crippen molar-refractivity contribution < 1.29 is 13.9 Å². The summed E-state index contributed by atoms with van der Waals surface area (Å²) in [6.45, 7) is 0.580. The van der Waals surface area contributed by atoms with Crippen LogP contribution < -0.4 is 15.4 Å². The summed E-state index contributed by atoms with van der Waals surface area (Å²) in [6, 6.07) is 17.0. The molecule has 0 aliphatic rings. The van der Waals surface area contributed by atoms with E-state index >= 15 is 0 Å². The fourth-order valence-corrected chi connectivity index (χ4v) is 3.14. The monoisotopic (exact) mass is 452 g/mol. The number of hydrogen-bond acceptors (Lipinski definition) is 6. The van der Waals surface area contributed by atoms with Gasteiger partial charge in [-0.15, -0.1) is 0 Å². The average molecular weight is 453 g/mol. The predicted molar refractivity (Wildman–Crippen MR) is 113 cm³/mol. The van der Waals surface area contributed by atoms with Crippen LogP contribution in [0.2, 0.25) is 0 Å². The molecule has 4 aromatic rings. The summed E-state index contributed by atoms with van der Waals surface area (Å²) in [6.07, 6.45) is 1.52. The highest BCUT2D eigenvalue weighted by Gasteiger charge is 2.10. The van der Waals surface area contributed by atoms with Crippen molar-refractivity contribution in [2.75, 3.05) is 12.4 Å². The minimum absolute atomic E-state index is 0.276. The molecule has 146 valence electrons. The van der Waals surface area contributed by atoms with E-state index in [1.165, 1.54) is 6.20 Å². The van der Waals surface area contributed by atoms with Crippen LogP contribution in [0.3, 0.4) is 0 Å². The van der Waals surface area contributed by atoms with Gasteiger partial charge in [-0.1, -0.05) is 34.1 Å². The number of aromatic nitrogens is 2. The Balaban J connectivity index is 1.50. The van der Waals surface area contributed by atoms with Gasteiger partial charge >= 0.3 is 0 Å².